The Labute approximate surface area is 125 Å². The molecule has 0 aliphatic rings. The summed E-state index contributed by atoms with van der Waals surface area (Å²) in [4.78, 5) is 0. The number of hydrogen-bond acceptors (Lipinski definition) is 3. The van der Waals surface area contributed by atoms with E-state index in [1.807, 2.05) is 0 Å². The van der Waals surface area contributed by atoms with Gasteiger partial charge < -0.3 is 14.2 Å². The summed E-state index contributed by atoms with van der Waals surface area (Å²) >= 11 is 0. The summed E-state index contributed by atoms with van der Waals surface area (Å²) in [5, 5.41) is 0. The minimum absolute atomic E-state index is 0. The van der Waals surface area contributed by atoms with Crippen LogP contribution in [0.4, 0.5) is 0 Å². The maximum Gasteiger partial charge on any atom is 1.00 e. The van der Waals surface area contributed by atoms with Gasteiger partial charge in [-0.15, -0.1) is 11.5 Å². The molecule has 0 N–H and O–H groups in total. The van der Waals surface area contributed by atoms with Crippen LogP contribution in [-0.2, 0) is 14.2 Å². The van der Waals surface area contributed by atoms with Gasteiger partial charge in [0.05, 0.1) is 0 Å². The van der Waals surface area contributed by atoms with Crippen molar-refractivity contribution in [3.63, 3.8) is 0 Å². The second-order valence-electron chi connectivity index (χ2n) is 1.79. The quantitative estimate of drug-likeness (QED) is 0.199. The largest absolute Gasteiger partial charge is 1.00 e. The molecule has 0 aromatic rings. The van der Waals surface area contributed by atoms with Crippen molar-refractivity contribution in [3.8, 4) is 0 Å². The summed E-state index contributed by atoms with van der Waals surface area (Å²) in [6, 6.07) is 0. The van der Waals surface area contributed by atoms with Crippen molar-refractivity contribution in [1.29, 1.82) is 0 Å². The molecule has 0 bridgehead atoms. The average molecular weight is 214 g/mol. The van der Waals surface area contributed by atoms with Crippen LogP contribution in [-0.4, -0.2) is 0 Å². The van der Waals surface area contributed by atoms with Crippen LogP contribution >= 0.6 is 0 Å². The second kappa shape index (κ2) is 14.7. The molecule has 76 valence electrons. The van der Waals surface area contributed by atoms with Gasteiger partial charge in [0.2, 0.25) is 11.9 Å². The Morgan fingerprint density at radius 1 is 0.765 bits per heavy atom. The van der Waals surface area contributed by atoms with Crippen molar-refractivity contribution >= 4 is 0 Å². The Balaban J connectivity index is -0.000000980. The maximum absolute atomic E-state index is 4.93. The summed E-state index contributed by atoms with van der Waals surface area (Å²) in [7, 11) is 0. The summed E-state index contributed by atoms with van der Waals surface area (Å²) in [6.07, 6.45) is 4.39. The van der Waals surface area contributed by atoms with Gasteiger partial charge in [-0.1, -0.05) is 13.2 Å². The second-order valence-corrected chi connectivity index (χ2v) is 1.79. The number of ether oxygens (including phenoxy) is 3. The van der Waals surface area contributed by atoms with Crippen molar-refractivity contribution in [1.82, 2.24) is 0 Å². The monoisotopic (exact) mass is 214 g/mol. The summed E-state index contributed by atoms with van der Waals surface area (Å²) in [5.41, 5.74) is 9.18. The van der Waals surface area contributed by atoms with Crippen molar-refractivity contribution in [3.05, 3.63) is 73.7 Å². The molecule has 0 radical (unpaired) electrons. The number of rotatable bonds is 6. The van der Waals surface area contributed by atoms with Gasteiger partial charge in [-0.3, -0.25) is 0 Å². The normalized spacial score (nSPS) is 5.88. The standard InChI is InChI=1S/C12H8O3.2Li/c1-5-9-13-11(7-3)15-12(8-4)14-10-6-2;;/h1-4H2;;/q-2;2*+1. The van der Waals surface area contributed by atoms with E-state index < -0.39 is 0 Å². The van der Waals surface area contributed by atoms with Crippen LogP contribution in [0.1, 0.15) is 0 Å². The molecule has 0 aliphatic heterocycles. The molecule has 3 nitrogen and oxygen atoms in total. The molecule has 0 saturated heterocycles. The van der Waals surface area contributed by atoms with E-state index in [9.17, 15) is 0 Å². The number of hydrogen-bond donors (Lipinski definition) is 0. The zero-order valence-electron chi connectivity index (χ0n) is 10.1. The fourth-order valence-electron chi connectivity index (χ4n) is 0.435. The minimum atomic E-state index is -0.108. The predicted octanol–water partition coefficient (Wildman–Crippen LogP) is -3.50. The molecule has 17 heavy (non-hydrogen) atoms. The van der Waals surface area contributed by atoms with E-state index in [4.69, 9.17) is 14.2 Å². The van der Waals surface area contributed by atoms with E-state index in [1.54, 1.807) is 0 Å². The molecular weight excluding hydrogens is 206 g/mol. The molecule has 0 aliphatic carbocycles. The fourth-order valence-corrected chi connectivity index (χ4v) is 0.435. The molecule has 0 fully saturated rings. The molecule has 0 saturated carbocycles. The van der Waals surface area contributed by atoms with Gasteiger partial charge in [0.25, 0.3) is 0 Å². The van der Waals surface area contributed by atoms with Crippen LogP contribution in [0.15, 0.2) is 61.1 Å². The van der Waals surface area contributed by atoms with E-state index in [0.29, 0.717) is 0 Å². The zero-order chi connectivity index (χ0) is 11.5. The van der Waals surface area contributed by atoms with Crippen LogP contribution in [0.5, 0.6) is 0 Å². The van der Waals surface area contributed by atoms with Crippen LogP contribution in [0, 0.1) is 12.5 Å². The van der Waals surface area contributed by atoms with Gasteiger partial charge in [0.15, 0.2) is 0 Å². The third kappa shape index (κ3) is 10.9. The Morgan fingerprint density at radius 2 is 1.12 bits per heavy atom. The van der Waals surface area contributed by atoms with Crippen LogP contribution in [0.25, 0.3) is 0 Å². The molecule has 0 rings (SSSR count). The smallest absolute Gasteiger partial charge is 0.541 e. The van der Waals surface area contributed by atoms with Crippen LogP contribution in [0.3, 0.4) is 0 Å². The molecule has 0 unspecified atom stereocenters. The first-order valence-electron chi connectivity index (χ1n) is 3.64. The Bertz CT molecular complexity index is 375. The first-order chi connectivity index (χ1) is 7.28. The van der Waals surface area contributed by atoms with Gasteiger partial charge in [-0.25, -0.2) is 11.5 Å². The van der Waals surface area contributed by atoms with Gasteiger partial charge in [-0.05, 0) is 0 Å². The van der Waals surface area contributed by atoms with Crippen molar-refractivity contribution < 1.29 is 51.9 Å². The summed E-state index contributed by atoms with van der Waals surface area (Å²) in [6.45, 7) is 13.1. The molecule has 0 aromatic heterocycles. The molecule has 0 atom stereocenters. The SMILES string of the molecule is C=C=[C-]OC(=C=C)OC(=C=C)O[C-]=C=C.[Li+].[Li+]. The Morgan fingerprint density at radius 3 is 1.35 bits per heavy atom. The molecule has 0 amide bonds. The Kier molecular flexibility index (Phi) is 18.1. The fraction of sp³-hybridized carbons (Fsp3) is 0. The average Bonchev–Trinajstić information content (AvgIpc) is 2.28. The van der Waals surface area contributed by atoms with Crippen molar-refractivity contribution in [2.45, 2.75) is 0 Å². The third-order valence-corrected chi connectivity index (χ3v) is 0.906. The van der Waals surface area contributed by atoms with E-state index in [-0.39, 0.29) is 49.6 Å². The summed E-state index contributed by atoms with van der Waals surface area (Å²) < 4.78 is 14.4. The topological polar surface area (TPSA) is 27.7 Å². The third-order valence-electron chi connectivity index (χ3n) is 0.906. The van der Waals surface area contributed by atoms with Gasteiger partial charge in [0.1, 0.15) is 0 Å². The van der Waals surface area contributed by atoms with E-state index in [0.717, 1.165) is 0 Å². The predicted molar refractivity (Wildman–Crippen MR) is 53.3 cm³/mol. The van der Waals surface area contributed by atoms with Crippen LogP contribution in [0.2, 0.25) is 0 Å². The summed E-state index contributed by atoms with van der Waals surface area (Å²) in [5.74, 6) is -0.216. The van der Waals surface area contributed by atoms with E-state index >= 15 is 0 Å². The molecule has 0 heterocycles. The molecular formula is C12H8Li2O3. The molecule has 0 spiro atoms. The van der Waals surface area contributed by atoms with Gasteiger partial charge >= 0.3 is 37.7 Å². The van der Waals surface area contributed by atoms with Gasteiger partial charge in [-0.2, -0.15) is 13.2 Å². The first kappa shape index (κ1) is 21.0. The van der Waals surface area contributed by atoms with Crippen molar-refractivity contribution in [2.24, 2.45) is 0 Å². The van der Waals surface area contributed by atoms with Crippen molar-refractivity contribution in [2.75, 3.05) is 0 Å². The Hall–Kier alpha value is -1.33. The zero-order valence-corrected chi connectivity index (χ0v) is 10.1. The minimum Gasteiger partial charge on any atom is -0.541 e. The van der Waals surface area contributed by atoms with Crippen LogP contribution < -0.4 is 37.7 Å². The first-order valence-corrected chi connectivity index (χ1v) is 3.64. The van der Waals surface area contributed by atoms with Gasteiger partial charge in [0, 0.05) is 12.5 Å². The van der Waals surface area contributed by atoms with E-state index in [1.165, 1.54) is 0 Å². The molecule has 5 heteroatoms. The maximum atomic E-state index is 4.93. The molecule has 0 aromatic carbocycles. The van der Waals surface area contributed by atoms with E-state index in [2.05, 4.69) is 61.8 Å².